The van der Waals surface area contributed by atoms with Crippen molar-refractivity contribution in [3.8, 4) is 5.75 Å². The molecule has 2 aromatic carbocycles. The summed E-state index contributed by atoms with van der Waals surface area (Å²) in [5, 5.41) is 10.1. The topological polar surface area (TPSA) is 51.5 Å². The molecule has 0 saturated carbocycles. The largest absolute Gasteiger partial charge is 0.573 e. The van der Waals surface area contributed by atoms with Gasteiger partial charge in [-0.3, -0.25) is 0 Å². The van der Waals surface area contributed by atoms with Crippen molar-refractivity contribution < 1.29 is 27.8 Å². The number of carboxylic acid groups (broad SMARTS) is 1. The minimum Gasteiger partial charge on any atom is -0.477 e. The monoisotopic (exact) mass is 335 g/mol. The standard InChI is InChI=1S/C17H12F3NO3/c18-17(19,20)24-13-7-5-11(6-8-13)10-21-14-4-2-1-3-12(14)9-15(21)16(22)23/h1-9H,10H2,(H,22,23). The molecule has 0 saturated heterocycles. The van der Waals surface area contributed by atoms with Crippen LogP contribution < -0.4 is 4.74 Å². The summed E-state index contributed by atoms with van der Waals surface area (Å²) in [4.78, 5) is 11.4. The molecule has 7 heteroatoms. The number of fused-ring (bicyclic) bond motifs is 1. The van der Waals surface area contributed by atoms with Crippen molar-refractivity contribution in [2.75, 3.05) is 0 Å². The van der Waals surface area contributed by atoms with Gasteiger partial charge in [0.25, 0.3) is 0 Å². The third-order valence-corrected chi connectivity index (χ3v) is 3.53. The maximum atomic E-state index is 12.2. The van der Waals surface area contributed by atoms with Gasteiger partial charge in [0, 0.05) is 17.4 Å². The van der Waals surface area contributed by atoms with E-state index in [9.17, 15) is 23.1 Å². The second kappa shape index (κ2) is 5.92. The maximum absolute atomic E-state index is 12.2. The Labute approximate surface area is 134 Å². The molecule has 1 N–H and O–H groups in total. The summed E-state index contributed by atoms with van der Waals surface area (Å²) >= 11 is 0. The zero-order valence-electron chi connectivity index (χ0n) is 12.2. The van der Waals surface area contributed by atoms with Crippen LogP contribution in [0.25, 0.3) is 10.9 Å². The van der Waals surface area contributed by atoms with Gasteiger partial charge in [0.2, 0.25) is 0 Å². The number of aromatic nitrogens is 1. The van der Waals surface area contributed by atoms with Gasteiger partial charge in [-0.25, -0.2) is 4.79 Å². The fourth-order valence-electron chi connectivity index (χ4n) is 2.54. The molecule has 0 spiro atoms. The minimum absolute atomic E-state index is 0.117. The Morgan fingerprint density at radius 2 is 1.75 bits per heavy atom. The first-order valence-corrected chi connectivity index (χ1v) is 7.00. The first-order chi connectivity index (χ1) is 11.3. The predicted octanol–water partition coefficient (Wildman–Crippen LogP) is 4.29. The third kappa shape index (κ3) is 3.34. The van der Waals surface area contributed by atoms with Gasteiger partial charge in [-0.2, -0.15) is 0 Å². The lowest BCUT2D eigenvalue weighted by atomic mass is 10.2. The van der Waals surface area contributed by atoms with Crippen LogP contribution in [0.1, 0.15) is 16.1 Å². The molecule has 1 heterocycles. The van der Waals surface area contributed by atoms with Gasteiger partial charge in [0.15, 0.2) is 0 Å². The smallest absolute Gasteiger partial charge is 0.477 e. The van der Waals surface area contributed by atoms with Gasteiger partial charge in [-0.1, -0.05) is 30.3 Å². The van der Waals surface area contributed by atoms with Crippen molar-refractivity contribution >= 4 is 16.9 Å². The summed E-state index contributed by atoms with van der Waals surface area (Å²) in [5.74, 6) is -1.38. The molecule has 3 rings (SSSR count). The number of rotatable bonds is 4. The summed E-state index contributed by atoms with van der Waals surface area (Å²) in [6.07, 6.45) is -4.74. The van der Waals surface area contributed by atoms with Crippen LogP contribution in [0.4, 0.5) is 13.2 Å². The number of para-hydroxylation sites is 1. The van der Waals surface area contributed by atoms with Crippen LogP contribution >= 0.6 is 0 Å². The van der Waals surface area contributed by atoms with Crippen LogP contribution in [0.5, 0.6) is 5.75 Å². The lowest BCUT2D eigenvalue weighted by Gasteiger charge is -2.11. The molecule has 0 bridgehead atoms. The number of hydrogen-bond donors (Lipinski definition) is 1. The fourth-order valence-corrected chi connectivity index (χ4v) is 2.54. The van der Waals surface area contributed by atoms with Crippen molar-refractivity contribution in [3.05, 3.63) is 65.9 Å². The third-order valence-electron chi connectivity index (χ3n) is 3.53. The van der Waals surface area contributed by atoms with Crippen LogP contribution in [0, 0.1) is 0 Å². The highest BCUT2D eigenvalue weighted by Gasteiger charge is 2.30. The van der Waals surface area contributed by atoms with Crippen molar-refractivity contribution in [2.24, 2.45) is 0 Å². The average Bonchev–Trinajstić information content (AvgIpc) is 2.87. The molecule has 0 aliphatic rings. The normalized spacial score (nSPS) is 11.6. The molecule has 3 aromatic rings. The molecule has 1 aromatic heterocycles. The van der Waals surface area contributed by atoms with Crippen LogP contribution in [0.3, 0.4) is 0 Å². The summed E-state index contributed by atoms with van der Waals surface area (Å²) < 4.78 is 41.9. The Morgan fingerprint density at radius 1 is 1.08 bits per heavy atom. The van der Waals surface area contributed by atoms with Crippen molar-refractivity contribution in [3.63, 3.8) is 0 Å². The number of aromatic carboxylic acids is 1. The van der Waals surface area contributed by atoms with Crippen molar-refractivity contribution in [1.29, 1.82) is 0 Å². The number of halogens is 3. The first kappa shape index (κ1) is 15.9. The molecule has 124 valence electrons. The van der Waals surface area contributed by atoms with Gasteiger partial charge < -0.3 is 14.4 Å². The van der Waals surface area contributed by atoms with E-state index in [-0.39, 0.29) is 18.0 Å². The fraction of sp³-hybridized carbons (Fsp3) is 0.118. The number of hydrogen-bond acceptors (Lipinski definition) is 2. The maximum Gasteiger partial charge on any atom is 0.573 e. The molecule has 0 fully saturated rings. The number of alkyl halides is 3. The van der Waals surface area contributed by atoms with E-state index in [1.165, 1.54) is 24.3 Å². The highest BCUT2D eigenvalue weighted by atomic mass is 19.4. The molecule has 4 nitrogen and oxygen atoms in total. The Morgan fingerprint density at radius 3 is 2.38 bits per heavy atom. The molecule has 0 aliphatic carbocycles. The number of carboxylic acids is 1. The zero-order chi connectivity index (χ0) is 17.3. The molecular weight excluding hydrogens is 323 g/mol. The van der Waals surface area contributed by atoms with Crippen LogP contribution in [0.15, 0.2) is 54.6 Å². The van der Waals surface area contributed by atoms with E-state index < -0.39 is 12.3 Å². The second-order valence-electron chi connectivity index (χ2n) is 5.17. The molecule has 0 atom stereocenters. The highest BCUT2D eigenvalue weighted by Crippen LogP contribution is 2.25. The highest BCUT2D eigenvalue weighted by molar-refractivity contribution is 5.94. The number of carbonyl (C=O) groups is 1. The van der Waals surface area contributed by atoms with Crippen LogP contribution in [-0.4, -0.2) is 22.0 Å². The second-order valence-corrected chi connectivity index (χ2v) is 5.17. The number of nitrogens with zero attached hydrogens (tertiary/aromatic N) is 1. The minimum atomic E-state index is -4.74. The average molecular weight is 335 g/mol. The number of benzene rings is 2. The molecule has 0 unspecified atom stereocenters. The quantitative estimate of drug-likeness (QED) is 0.774. The Kier molecular flexibility index (Phi) is 3.92. The van der Waals surface area contributed by atoms with E-state index in [4.69, 9.17) is 0 Å². The van der Waals surface area contributed by atoms with E-state index in [0.29, 0.717) is 5.56 Å². The van der Waals surface area contributed by atoms with Gasteiger partial charge in [-0.15, -0.1) is 13.2 Å². The molecule has 0 amide bonds. The summed E-state index contributed by atoms with van der Waals surface area (Å²) in [6.45, 7) is 0.224. The van der Waals surface area contributed by atoms with E-state index >= 15 is 0 Å². The van der Waals surface area contributed by atoms with Gasteiger partial charge in [0.05, 0.1) is 0 Å². The lowest BCUT2D eigenvalue weighted by molar-refractivity contribution is -0.274. The Balaban J connectivity index is 1.92. The molecule has 0 aliphatic heterocycles. The molecule has 24 heavy (non-hydrogen) atoms. The number of ether oxygens (including phenoxy) is 1. The van der Waals surface area contributed by atoms with Gasteiger partial charge in [-0.05, 0) is 29.8 Å². The summed E-state index contributed by atoms with van der Waals surface area (Å²) in [7, 11) is 0. The predicted molar refractivity (Wildman–Crippen MR) is 81.1 cm³/mol. The lowest BCUT2D eigenvalue weighted by Crippen LogP contribution is -2.17. The van der Waals surface area contributed by atoms with Crippen LogP contribution in [0.2, 0.25) is 0 Å². The van der Waals surface area contributed by atoms with Gasteiger partial charge >= 0.3 is 12.3 Å². The molecular formula is C17H12F3NO3. The van der Waals surface area contributed by atoms with E-state index in [0.717, 1.165) is 10.9 Å². The van der Waals surface area contributed by atoms with Crippen LogP contribution in [-0.2, 0) is 6.54 Å². The summed E-state index contributed by atoms with van der Waals surface area (Å²) in [6, 6.07) is 14.1. The zero-order valence-corrected chi connectivity index (χ0v) is 12.2. The Hall–Kier alpha value is -2.96. The van der Waals surface area contributed by atoms with Crippen molar-refractivity contribution in [2.45, 2.75) is 12.9 Å². The Bertz CT molecular complexity index is 882. The van der Waals surface area contributed by atoms with E-state index in [2.05, 4.69) is 4.74 Å². The first-order valence-electron chi connectivity index (χ1n) is 7.00. The summed E-state index contributed by atoms with van der Waals surface area (Å²) in [5.41, 5.74) is 1.52. The van der Waals surface area contributed by atoms with Crippen molar-refractivity contribution in [1.82, 2.24) is 4.57 Å². The molecule has 0 radical (unpaired) electrons. The SMILES string of the molecule is O=C(O)c1cc2ccccc2n1Cc1ccc(OC(F)(F)F)cc1. The van der Waals surface area contributed by atoms with E-state index in [1.54, 1.807) is 28.8 Å². The van der Waals surface area contributed by atoms with E-state index in [1.807, 2.05) is 6.07 Å². The van der Waals surface area contributed by atoms with Gasteiger partial charge in [0.1, 0.15) is 11.4 Å².